The number of rotatable bonds is 2. The molecule has 0 aromatic carbocycles. The molecule has 1 fully saturated rings. The molecule has 0 atom stereocenters. The van der Waals surface area contributed by atoms with Gasteiger partial charge in [0.25, 0.3) is 5.91 Å². The van der Waals surface area contributed by atoms with E-state index in [1.807, 2.05) is 11.8 Å². The Morgan fingerprint density at radius 2 is 2.40 bits per heavy atom. The van der Waals surface area contributed by atoms with Crippen molar-refractivity contribution in [1.82, 2.24) is 9.88 Å². The normalized spacial score (nSPS) is 16.3. The van der Waals surface area contributed by atoms with Gasteiger partial charge in [0.15, 0.2) is 0 Å². The fraction of sp³-hybridized carbons (Fsp3) is 0.455. The molecular formula is C11H13ClN2O. The van der Waals surface area contributed by atoms with Crippen molar-refractivity contribution >= 4 is 17.5 Å². The van der Waals surface area contributed by atoms with E-state index in [1.165, 1.54) is 0 Å². The Bertz CT molecular complexity index is 375. The quantitative estimate of drug-likeness (QED) is 0.717. The highest BCUT2D eigenvalue weighted by Gasteiger charge is 2.30. The van der Waals surface area contributed by atoms with Gasteiger partial charge in [0.1, 0.15) is 0 Å². The van der Waals surface area contributed by atoms with Crippen LogP contribution in [0.5, 0.6) is 0 Å². The number of carbonyl (C=O) groups excluding carboxylic acids is 1. The number of aromatic nitrogens is 1. The van der Waals surface area contributed by atoms with Crippen molar-refractivity contribution in [3.8, 4) is 0 Å². The van der Waals surface area contributed by atoms with E-state index in [0.29, 0.717) is 11.8 Å². The molecule has 1 aromatic rings. The van der Waals surface area contributed by atoms with Crippen LogP contribution in [0, 0.1) is 12.8 Å². The Hall–Kier alpha value is -1.09. The summed E-state index contributed by atoms with van der Waals surface area (Å²) in [5, 5.41) is 0. The van der Waals surface area contributed by atoms with Gasteiger partial charge in [-0.1, -0.05) is 0 Å². The standard InChI is InChI=1S/C11H13ClN2O/c1-8-5-13-3-2-10(8)11(15)14-6-9(4-12)7-14/h2-3,5,9H,4,6-7H2,1H3. The molecule has 1 saturated heterocycles. The molecule has 15 heavy (non-hydrogen) atoms. The van der Waals surface area contributed by atoms with Crippen molar-refractivity contribution in [3.63, 3.8) is 0 Å². The van der Waals surface area contributed by atoms with Crippen LogP contribution in [0.2, 0.25) is 0 Å². The largest absolute Gasteiger partial charge is 0.338 e. The summed E-state index contributed by atoms with van der Waals surface area (Å²) < 4.78 is 0. The van der Waals surface area contributed by atoms with Crippen LogP contribution in [0.15, 0.2) is 18.5 Å². The average molecular weight is 225 g/mol. The Labute approximate surface area is 94.1 Å². The number of hydrogen-bond acceptors (Lipinski definition) is 2. The third kappa shape index (κ3) is 1.97. The molecule has 0 N–H and O–H groups in total. The van der Waals surface area contributed by atoms with Crippen LogP contribution in [0.25, 0.3) is 0 Å². The number of alkyl halides is 1. The summed E-state index contributed by atoms with van der Waals surface area (Å²) in [5.41, 5.74) is 1.68. The molecule has 80 valence electrons. The molecule has 1 aliphatic heterocycles. The molecule has 1 aromatic heterocycles. The summed E-state index contributed by atoms with van der Waals surface area (Å²) in [6.07, 6.45) is 3.37. The SMILES string of the molecule is Cc1cnccc1C(=O)N1CC(CCl)C1. The molecular weight excluding hydrogens is 212 g/mol. The molecule has 4 heteroatoms. The van der Waals surface area contributed by atoms with Crippen LogP contribution < -0.4 is 0 Å². The Morgan fingerprint density at radius 1 is 1.67 bits per heavy atom. The van der Waals surface area contributed by atoms with Crippen molar-refractivity contribution < 1.29 is 4.79 Å². The van der Waals surface area contributed by atoms with Crippen LogP contribution in [-0.2, 0) is 0 Å². The predicted octanol–water partition coefficient (Wildman–Crippen LogP) is 1.70. The fourth-order valence-corrected chi connectivity index (χ4v) is 1.91. The van der Waals surface area contributed by atoms with Gasteiger partial charge in [0, 0.05) is 42.8 Å². The third-order valence-electron chi connectivity index (χ3n) is 2.71. The monoisotopic (exact) mass is 224 g/mol. The Morgan fingerprint density at radius 3 is 3.00 bits per heavy atom. The second kappa shape index (κ2) is 4.19. The van der Waals surface area contributed by atoms with Crippen molar-refractivity contribution in [2.75, 3.05) is 19.0 Å². The van der Waals surface area contributed by atoms with Gasteiger partial charge < -0.3 is 4.90 Å². The van der Waals surface area contributed by atoms with Crippen LogP contribution >= 0.6 is 11.6 Å². The topological polar surface area (TPSA) is 33.2 Å². The number of aryl methyl sites for hydroxylation is 1. The lowest BCUT2D eigenvalue weighted by molar-refractivity contribution is 0.0534. The van der Waals surface area contributed by atoms with E-state index in [-0.39, 0.29) is 5.91 Å². The van der Waals surface area contributed by atoms with E-state index >= 15 is 0 Å². The summed E-state index contributed by atoms with van der Waals surface area (Å²) >= 11 is 5.70. The number of nitrogens with zero attached hydrogens (tertiary/aromatic N) is 2. The highest BCUT2D eigenvalue weighted by Crippen LogP contribution is 2.20. The number of carbonyl (C=O) groups is 1. The minimum Gasteiger partial charge on any atom is -0.338 e. The number of likely N-dealkylation sites (tertiary alicyclic amines) is 1. The molecule has 0 unspecified atom stereocenters. The summed E-state index contributed by atoms with van der Waals surface area (Å²) in [6, 6.07) is 1.77. The molecule has 0 spiro atoms. The highest BCUT2D eigenvalue weighted by atomic mass is 35.5. The van der Waals surface area contributed by atoms with E-state index in [0.717, 1.165) is 24.2 Å². The van der Waals surface area contributed by atoms with Crippen molar-refractivity contribution in [1.29, 1.82) is 0 Å². The van der Waals surface area contributed by atoms with E-state index < -0.39 is 0 Å². The van der Waals surface area contributed by atoms with Gasteiger partial charge in [-0.25, -0.2) is 0 Å². The van der Waals surface area contributed by atoms with Gasteiger partial charge in [0.05, 0.1) is 0 Å². The van der Waals surface area contributed by atoms with E-state index in [1.54, 1.807) is 18.5 Å². The zero-order chi connectivity index (χ0) is 10.8. The van der Waals surface area contributed by atoms with Crippen molar-refractivity contribution in [2.45, 2.75) is 6.92 Å². The average Bonchev–Trinajstić information content (AvgIpc) is 2.16. The second-order valence-electron chi connectivity index (χ2n) is 3.92. The molecule has 2 rings (SSSR count). The van der Waals surface area contributed by atoms with E-state index in [2.05, 4.69) is 4.98 Å². The Balaban J connectivity index is 2.07. The lowest BCUT2D eigenvalue weighted by Gasteiger charge is -2.38. The van der Waals surface area contributed by atoms with Gasteiger partial charge in [-0.3, -0.25) is 9.78 Å². The number of halogens is 1. The van der Waals surface area contributed by atoms with Crippen LogP contribution in [-0.4, -0.2) is 34.8 Å². The summed E-state index contributed by atoms with van der Waals surface area (Å²) in [4.78, 5) is 17.8. The van der Waals surface area contributed by atoms with Gasteiger partial charge in [-0.2, -0.15) is 0 Å². The first-order valence-electron chi connectivity index (χ1n) is 4.98. The fourth-order valence-electron chi connectivity index (χ4n) is 1.72. The van der Waals surface area contributed by atoms with Crippen molar-refractivity contribution in [2.24, 2.45) is 5.92 Å². The number of pyridine rings is 1. The smallest absolute Gasteiger partial charge is 0.254 e. The minimum atomic E-state index is 0.0938. The Kier molecular flexibility index (Phi) is 2.91. The third-order valence-corrected chi connectivity index (χ3v) is 3.15. The van der Waals surface area contributed by atoms with Crippen LogP contribution in [0.4, 0.5) is 0 Å². The lowest BCUT2D eigenvalue weighted by atomic mass is 10.0. The second-order valence-corrected chi connectivity index (χ2v) is 4.23. The minimum absolute atomic E-state index is 0.0938. The molecule has 0 radical (unpaired) electrons. The number of amides is 1. The maximum atomic E-state index is 12.0. The predicted molar refractivity (Wildman–Crippen MR) is 59.1 cm³/mol. The molecule has 0 aliphatic carbocycles. The highest BCUT2D eigenvalue weighted by molar-refractivity contribution is 6.18. The molecule has 3 nitrogen and oxygen atoms in total. The molecule has 1 aliphatic rings. The summed E-state index contributed by atoms with van der Waals surface area (Å²) in [7, 11) is 0. The lowest BCUT2D eigenvalue weighted by Crippen LogP contribution is -2.50. The molecule has 0 saturated carbocycles. The van der Waals surface area contributed by atoms with E-state index in [4.69, 9.17) is 11.6 Å². The van der Waals surface area contributed by atoms with Gasteiger partial charge in [-0.05, 0) is 18.6 Å². The van der Waals surface area contributed by atoms with Gasteiger partial charge in [0.2, 0.25) is 0 Å². The molecule has 1 amide bonds. The van der Waals surface area contributed by atoms with Gasteiger partial charge >= 0.3 is 0 Å². The zero-order valence-corrected chi connectivity index (χ0v) is 9.37. The molecule has 2 heterocycles. The first kappa shape index (κ1) is 10.4. The first-order valence-corrected chi connectivity index (χ1v) is 5.51. The first-order chi connectivity index (χ1) is 7.22. The summed E-state index contributed by atoms with van der Waals surface area (Å²) in [6.45, 7) is 3.47. The molecule has 0 bridgehead atoms. The zero-order valence-electron chi connectivity index (χ0n) is 8.61. The number of hydrogen-bond donors (Lipinski definition) is 0. The van der Waals surface area contributed by atoms with Crippen molar-refractivity contribution in [3.05, 3.63) is 29.6 Å². The van der Waals surface area contributed by atoms with Crippen LogP contribution in [0.1, 0.15) is 15.9 Å². The summed E-state index contributed by atoms with van der Waals surface area (Å²) in [5.74, 6) is 1.20. The maximum absolute atomic E-state index is 12.0. The van der Waals surface area contributed by atoms with Gasteiger partial charge in [-0.15, -0.1) is 11.6 Å². The van der Waals surface area contributed by atoms with E-state index in [9.17, 15) is 4.79 Å². The van der Waals surface area contributed by atoms with Crippen LogP contribution in [0.3, 0.4) is 0 Å². The maximum Gasteiger partial charge on any atom is 0.254 e.